The number of amides is 1. The zero-order valence-electron chi connectivity index (χ0n) is 21.5. The molecule has 13 nitrogen and oxygen atoms in total. The van der Waals surface area contributed by atoms with Gasteiger partial charge < -0.3 is 29.4 Å². The molecule has 0 atom stereocenters. The first-order chi connectivity index (χ1) is 18.6. The molecule has 0 unspecified atom stereocenters. The molecule has 0 bridgehead atoms. The maximum Gasteiger partial charge on any atom is 0.491 e. The Balaban J connectivity index is 1.56. The van der Waals surface area contributed by atoms with Gasteiger partial charge in [-0.2, -0.15) is 0 Å². The van der Waals surface area contributed by atoms with Gasteiger partial charge in [0.2, 0.25) is 0 Å². The van der Waals surface area contributed by atoms with Crippen LogP contribution in [-0.2, 0) is 47.0 Å². The van der Waals surface area contributed by atoms with Crippen LogP contribution in [0.2, 0.25) is 0 Å². The summed E-state index contributed by atoms with van der Waals surface area (Å²) in [6.07, 6.45) is 1.68. The molecule has 0 radical (unpaired) electrons. The number of carbonyl (C=O) groups is 3. The second kappa shape index (κ2) is 11.1. The normalized spacial score (nSPS) is 14.7. The highest BCUT2D eigenvalue weighted by atomic mass is 32.2. The number of hydrogen-bond acceptors (Lipinski definition) is 11. The Kier molecular flexibility index (Phi) is 8.27. The number of ketones is 1. The van der Waals surface area contributed by atoms with E-state index in [4.69, 9.17) is 9.31 Å². The van der Waals surface area contributed by atoms with Crippen LogP contribution >= 0.6 is 0 Å². The second-order valence-corrected chi connectivity index (χ2v) is 13.6. The standard InChI is InChI=1S/C23H25B2NO12S2/c1-39(33,34)20-8-13(6-17-15(20)11-37-24(17)31)19(27)4-3-5-26(10-22(28)29)23(30)14-7-18-16(12-38-25(18)32)21(9-14)40(2,35)36/h6-9,31-32H,3-5,10-12H2,1-2H3,(H,28,29). The van der Waals surface area contributed by atoms with E-state index in [9.17, 15) is 46.4 Å². The fraction of sp³-hybridized carbons (Fsp3) is 0.348. The van der Waals surface area contributed by atoms with Crippen molar-refractivity contribution in [1.82, 2.24) is 4.90 Å². The van der Waals surface area contributed by atoms with Crippen molar-refractivity contribution >= 4 is 62.5 Å². The van der Waals surface area contributed by atoms with Gasteiger partial charge in [-0.1, -0.05) is 6.07 Å². The highest BCUT2D eigenvalue weighted by molar-refractivity contribution is 7.91. The van der Waals surface area contributed by atoms with Crippen LogP contribution in [0.15, 0.2) is 34.1 Å². The first-order valence-corrected chi connectivity index (χ1v) is 15.7. The first-order valence-electron chi connectivity index (χ1n) is 11.9. The zero-order valence-corrected chi connectivity index (χ0v) is 23.1. The molecule has 212 valence electrons. The maximum atomic E-state index is 13.3. The number of carbonyl (C=O) groups excluding carboxylic acids is 2. The molecule has 0 spiro atoms. The lowest BCUT2D eigenvalue weighted by Crippen LogP contribution is -2.38. The lowest BCUT2D eigenvalue weighted by molar-refractivity contribution is -0.137. The first kappa shape index (κ1) is 29.9. The summed E-state index contributed by atoms with van der Waals surface area (Å²) < 4.78 is 59.3. The molecule has 2 aliphatic heterocycles. The molecule has 2 aromatic carbocycles. The Bertz CT molecular complexity index is 1620. The fourth-order valence-electron chi connectivity index (χ4n) is 4.71. The van der Waals surface area contributed by atoms with Crippen LogP contribution in [-0.4, -0.2) is 94.4 Å². The van der Waals surface area contributed by atoms with E-state index >= 15 is 0 Å². The van der Waals surface area contributed by atoms with Crippen molar-refractivity contribution in [2.45, 2.75) is 35.8 Å². The number of nitrogens with zero attached hydrogens (tertiary/aromatic N) is 1. The minimum atomic E-state index is -3.83. The van der Waals surface area contributed by atoms with Crippen molar-refractivity contribution < 1.29 is 55.7 Å². The summed E-state index contributed by atoms with van der Waals surface area (Å²) in [5.74, 6) is -2.69. The van der Waals surface area contributed by atoms with Crippen LogP contribution in [0.1, 0.15) is 44.7 Å². The van der Waals surface area contributed by atoms with Gasteiger partial charge in [-0.25, -0.2) is 16.8 Å². The van der Waals surface area contributed by atoms with E-state index in [1.807, 2.05) is 0 Å². The number of benzene rings is 2. The van der Waals surface area contributed by atoms with Crippen LogP contribution in [0, 0.1) is 0 Å². The fourth-order valence-corrected chi connectivity index (χ4v) is 6.64. The van der Waals surface area contributed by atoms with Crippen LogP contribution in [0.4, 0.5) is 0 Å². The number of Topliss-reactive ketones (excluding diaryl/α,β-unsaturated/α-hetero) is 1. The van der Waals surface area contributed by atoms with Gasteiger partial charge in [-0.3, -0.25) is 14.4 Å². The molecule has 0 fully saturated rings. The summed E-state index contributed by atoms with van der Waals surface area (Å²) in [5, 5.41) is 29.5. The van der Waals surface area contributed by atoms with Crippen LogP contribution in [0.3, 0.4) is 0 Å². The predicted octanol–water partition coefficient (Wildman–Crippen LogP) is -1.88. The van der Waals surface area contributed by atoms with Crippen LogP contribution in [0.5, 0.6) is 0 Å². The van der Waals surface area contributed by atoms with E-state index in [1.165, 1.54) is 18.2 Å². The minimum absolute atomic E-state index is 0.00485. The number of aliphatic carboxylic acids is 1. The lowest BCUT2D eigenvalue weighted by Gasteiger charge is -2.21. The van der Waals surface area contributed by atoms with Gasteiger partial charge in [0.25, 0.3) is 5.91 Å². The number of carboxylic acid groups (broad SMARTS) is 1. The molecule has 2 aliphatic rings. The van der Waals surface area contributed by atoms with Gasteiger partial charge in [0.05, 0.1) is 23.0 Å². The number of hydrogen-bond donors (Lipinski definition) is 3. The third kappa shape index (κ3) is 6.14. The average molecular weight is 593 g/mol. The lowest BCUT2D eigenvalue weighted by atomic mass is 9.78. The van der Waals surface area contributed by atoms with Gasteiger partial charge in [0.1, 0.15) is 6.54 Å². The summed E-state index contributed by atoms with van der Waals surface area (Å²) in [7, 11) is -10.4. The van der Waals surface area contributed by atoms with E-state index in [2.05, 4.69) is 0 Å². The third-order valence-electron chi connectivity index (χ3n) is 6.60. The van der Waals surface area contributed by atoms with Crippen molar-refractivity contribution in [2.75, 3.05) is 25.6 Å². The summed E-state index contributed by atoms with van der Waals surface area (Å²) in [5.41, 5.74) is 0.551. The molecule has 40 heavy (non-hydrogen) atoms. The Morgan fingerprint density at radius 1 is 0.850 bits per heavy atom. The van der Waals surface area contributed by atoms with Gasteiger partial charge in [-0.05, 0) is 46.7 Å². The Morgan fingerprint density at radius 2 is 1.32 bits per heavy atom. The molecule has 0 saturated heterocycles. The van der Waals surface area contributed by atoms with E-state index in [1.54, 1.807) is 0 Å². The Morgan fingerprint density at radius 3 is 1.80 bits per heavy atom. The summed E-state index contributed by atoms with van der Waals surface area (Å²) in [4.78, 5) is 38.3. The van der Waals surface area contributed by atoms with Gasteiger partial charge >= 0.3 is 20.2 Å². The van der Waals surface area contributed by atoms with Crippen molar-refractivity contribution in [3.63, 3.8) is 0 Å². The molecule has 0 aromatic heterocycles. The monoisotopic (exact) mass is 593 g/mol. The largest absolute Gasteiger partial charge is 0.491 e. The number of rotatable bonds is 10. The topological polar surface area (TPSA) is 202 Å². The molecule has 1 amide bonds. The summed E-state index contributed by atoms with van der Waals surface area (Å²) in [6.45, 7) is -1.28. The molecular formula is C23H25B2NO12S2. The van der Waals surface area contributed by atoms with Crippen molar-refractivity contribution in [3.8, 4) is 0 Å². The van der Waals surface area contributed by atoms with Gasteiger partial charge in [0.15, 0.2) is 25.5 Å². The molecular weight excluding hydrogens is 568 g/mol. The Hall–Kier alpha value is -3.08. The highest BCUT2D eigenvalue weighted by Gasteiger charge is 2.35. The average Bonchev–Trinajstić information content (AvgIpc) is 3.42. The number of carboxylic acids is 1. The highest BCUT2D eigenvalue weighted by Crippen LogP contribution is 2.24. The molecule has 0 aliphatic carbocycles. The number of sulfone groups is 2. The van der Waals surface area contributed by atoms with Gasteiger partial charge in [-0.15, -0.1) is 0 Å². The molecule has 2 aromatic rings. The second-order valence-electron chi connectivity index (χ2n) is 9.60. The van der Waals surface area contributed by atoms with Crippen LogP contribution < -0.4 is 10.9 Å². The third-order valence-corrected chi connectivity index (χ3v) is 8.93. The zero-order chi connectivity index (χ0) is 29.6. The van der Waals surface area contributed by atoms with Gasteiger partial charge in [0, 0.05) is 36.6 Å². The van der Waals surface area contributed by atoms with E-state index in [0.29, 0.717) is 0 Å². The van der Waals surface area contributed by atoms with E-state index in [0.717, 1.165) is 23.5 Å². The Labute approximate surface area is 230 Å². The van der Waals surface area contributed by atoms with Crippen molar-refractivity contribution in [2.24, 2.45) is 0 Å². The van der Waals surface area contributed by atoms with E-state index in [-0.39, 0.29) is 75.6 Å². The van der Waals surface area contributed by atoms with Crippen molar-refractivity contribution in [1.29, 1.82) is 0 Å². The molecule has 17 heteroatoms. The SMILES string of the molecule is CS(=O)(=O)c1cc(C(=O)CCCN(CC(=O)O)C(=O)c2cc3c(c(S(C)(=O)=O)c2)COB3O)cc2c1COB2O. The minimum Gasteiger partial charge on any atom is -0.480 e. The maximum absolute atomic E-state index is 13.3. The predicted molar refractivity (Wildman–Crippen MR) is 141 cm³/mol. The van der Waals surface area contributed by atoms with Crippen LogP contribution in [0.25, 0.3) is 0 Å². The smallest absolute Gasteiger partial charge is 0.480 e. The summed E-state index contributed by atoms with van der Waals surface area (Å²) in [6, 6.07) is 4.88. The number of fused-ring (bicyclic) bond motifs is 2. The van der Waals surface area contributed by atoms with E-state index < -0.39 is 58.1 Å². The summed E-state index contributed by atoms with van der Waals surface area (Å²) >= 11 is 0. The molecule has 3 N–H and O–H groups in total. The molecule has 2 heterocycles. The molecule has 0 saturated carbocycles. The molecule has 4 rings (SSSR count). The van der Waals surface area contributed by atoms with Crippen molar-refractivity contribution in [3.05, 3.63) is 46.5 Å². The quantitative estimate of drug-likeness (QED) is 0.205.